The molecule has 2 aromatic carbocycles. The van der Waals surface area contributed by atoms with Gasteiger partial charge in [-0.3, -0.25) is 9.69 Å². The summed E-state index contributed by atoms with van der Waals surface area (Å²) in [6.45, 7) is 6.32. The number of benzene rings is 2. The van der Waals surface area contributed by atoms with Crippen LogP contribution in [0.4, 0.5) is 0 Å². The fourth-order valence-electron chi connectivity index (χ4n) is 3.55. The Morgan fingerprint density at radius 3 is 2.45 bits per heavy atom. The Bertz CT molecular complexity index is 929. The largest absolute Gasteiger partial charge is 0.340 e. The van der Waals surface area contributed by atoms with Gasteiger partial charge in [-0.15, -0.1) is 0 Å². The number of nitrogens with zero attached hydrogens (tertiary/aromatic N) is 4. The molecule has 6 nitrogen and oxygen atoms in total. The molecule has 0 N–H and O–H groups in total. The van der Waals surface area contributed by atoms with Crippen LogP contribution in [0.25, 0.3) is 11.4 Å². The van der Waals surface area contributed by atoms with Gasteiger partial charge >= 0.3 is 0 Å². The van der Waals surface area contributed by atoms with Gasteiger partial charge in [-0.05, 0) is 12.5 Å². The highest BCUT2D eigenvalue weighted by Gasteiger charge is 2.21. The number of carbonyl (C=O) groups excluding carboxylic acids is 1. The lowest BCUT2D eigenvalue weighted by molar-refractivity contribution is -0.133. The summed E-state index contributed by atoms with van der Waals surface area (Å²) >= 11 is 0. The second-order valence-electron chi connectivity index (χ2n) is 7.52. The van der Waals surface area contributed by atoms with E-state index in [1.54, 1.807) is 0 Å². The molecular formula is C23H26N4O2. The monoisotopic (exact) mass is 390 g/mol. The van der Waals surface area contributed by atoms with Crippen LogP contribution in [0.3, 0.4) is 0 Å². The maximum absolute atomic E-state index is 12.6. The normalized spacial score (nSPS) is 14.9. The van der Waals surface area contributed by atoms with Crippen molar-refractivity contribution in [3.05, 3.63) is 71.6 Å². The Morgan fingerprint density at radius 2 is 1.72 bits per heavy atom. The molecule has 1 fully saturated rings. The van der Waals surface area contributed by atoms with Crippen molar-refractivity contribution in [1.29, 1.82) is 0 Å². The van der Waals surface area contributed by atoms with Crippen molar-refractivity contribution in [3.8, 4) is 11.4 Å². The van der Waals surface area contributed by atoms with Gasteiger partial charge in [0.05, 0.1) is 0 Å². The van der Waals surface area contributed by atoms with Crippen LogP contribution in [-0.2, 0) is 17.8 Å². The summed E-state index contributed by atoms with van der Waals surface area (Å²) in [5.74, 6) is 1.23. The number of aromatic nitrogens is 2. The van der Waals surface area contributed by atoms with Crippen LogP contribution in [0.15, 0.2) is 59.1 Å². The third-order valence-electron chi connectivity index (χ3n) is 5.30. The van der Waals surface area contributed by atoms with Gasteiger partial charge in [0.15, 0.2) is 0 Å². The van der Waals surface area contributed by atoms with E-state index in [9.17, 15) is 4.79 Å². The van der Waals surface area contributed by atoms with Crippen molar-refractivity contribution in [2.75, 3.05) is 26.2 Å². The maximum Gasteiger partial charge on any atom is 0.227 e. The summed E-state index contributed by atoms with van der Waals surface area (Å²) in [6, 6.07) is 18.5. The molecule has 1 aromatic heterocycles. The van der Waals surface area contributed by atoms with Gasteiger partial charge in [-0.2, -0.15) is 4.98 Å². The molecule has 1 aliphatic heterocycles. The fourth-order valence-corrected chi connectivity index (χ4v) is 3.55. The van der Waals surface area contributed by atoms with E-state index in [4.69, 9.17) is 4.52 Å². The first-order valence-corrected chi connectivity index (χ1v) is 10.1. The average molecular weight is 390 g/mol. The number of carbonyl (C=O) groups is 1. The Balaban J connectivity index is 1.24. The summed E-state index contributed by atoms with van der Waals surface area (Å²) in [5, 5.41) is 4.04. The Labute approximate surface area is 171 Å². The molecular weight excluding hydrogens is 364 g/mol. The first-order chi connectivity index (χ1) is 14.2. The lowest BCUT2D eigenvalue weighted by atomic mass is 10.1. The molecule has 0 saturated carbocycles. The lowest BCUT2D eigenvalue weighted by Gasteiger charge is -2.34. The average Bonchev–Trinajstić information content (AvgIpc) is 3.23. The van der Waals surface area contributed by atoms with E-state index in [1.165, 1.54) is 11.1 Å². The van der Waals surface area contributed by atoms with Gasteiger partial charge in [-0.1, -0.05) is 65.3 Å². The summed E-state index contributed by atoms with van der Waals surface area (Å²) in [7, 11) is 0. The lowest BCUT2D eigenvalue weighted by Crippen LogP contribution is -2.48. The van der Waals surface area contributed by atoms with Crippen molar-refractivity contribution in [2.24, 2.45) is 0 Å². The Hall–Kier alpha value is -2.99. The number of aryl methyl sites for hydroxylation is 2. The van der Waals surface area contributed by atoms with Crippen LogP contribution in [0.5, 0.6) is 0 Å². The number of rotatable bonds is 6. The fraction of sp³-hybridized carbons (Fsp3) is 0.348. The molecule has 4 rings (SSSR count). The highest BCUT2D eigenvalue weighted by atomic mass is 16.5. The second-order valence-corrected chi connectivity index (χ2v) is 7.52. The minimum atomic E-state index is 0.152. The first-order valence-electron chi connectivity index (χ1n) is 10.1. The van der Waals surface area contributed by atoms with E-state index in [2.05, 4.69) is 39.3 Å². The molecule has 29 heavy (non-hydrogen) atoms. The summed E-state index contributed by atoms with van der Waals surface area (Å²) in [6.07, 6.45) is 0.871. The molecule has 0 aliphatic carbocycles. The predicted molar refractivity (Wildman–Crippen MR) is 111 cm³/mol. The number of piperazine rings is 1. The molecule has 0 radical (unpaired) electrons. The first kappa shape index (κ1) is 19.3. The third kappa shape index (κ3) is 5.09. The molecule has 0 unspecified atom stereocenters. The van der Waals surface area contributed by atoms with E-state index >= 15 is 0 Å². The van der Waals surface area contributed by atoms with Crippen molar-refractivity contribution < 1.29 is 9.32 Å². The second kappa shape index (κ2) is 9.01. The molecule has 2 heterocycles. The molecule has 150 valence electrons. The van der Waals surface area contributed by atoms with Crippen LogP contribution in [0.2, 0.25) is 0 Å². The zero-order valence-electron chi connectivity index (χ0n) is 16.8. The predicted octanol–water partition coefficient (Wildman–Crippen LogP) is 3.32. The van der Waals surface area contributed by atoms with Crippen LogP contribution >= 0.6 is 0 Å². The highest BCUT2D eigenvalue weighted by Crippen LogP contribution is 2.17. The SMILES string of the molecule is Cc1ccc(-c2noc(CCC(=O)N3CCN(Cc4ccccc4)CC3)n2)cc1. The topological polar surface area (TPSA) is 62.5 Å². The maximum atomic E-state index is 12.6. The summed E-state index contributed by atoms with van der Waals surface area (Å²) in [4.78, 5) is 21.3. The van der Waals surface area contributed by atoms with Crippen molar-refractivity contribution in [3.63, 3.8) is 0 Å². The van der Waals surface area contributed by atoms with E-state index in [0.29, 0.717) is 24.6 Å². The molecule has 3 aromatic rings. The van der Waals surface area contributed by atoms with Gasteiger partial charge in [-0.25, -0.2) is 0 Å². The zero-order valence-corrected chi connectivity index (χ0v) is 16.8. The Morgan fingerprint density at radius 1 is 1.00 bits per heavy atom. The summed E-state index contributed by atoms with van der Waals surface area (Å²) < 4.78 is 5.33. The van der Waals surface area contributed by atoms with Crippen LogP contribution in [-0.4, -0.2) is 52.0 Å². The molecule has 1 aliphatic rings. The molecule has 1 saturated heterocycles. The smallest absolute Gasteiger partial charge is 0.227 e. The molecule has 1 amide bonds. The molecule has 0 atom stereocenters. The Kier molecular flexibility index (Phi) is 6.00. The minimum absolute atomic E-state index is 0.152. The van der Waals surface area contributed by atoms with Crippen molar-refractivity contribution >= 4 is 5.91 Å². The van der Waals surface area contributed by atoms with Crippen molar-refractivity contribution in [2.45, 2.75) is 26.3 Å². The van der Waals surface area contributed by atoms with E-state index in [1.807, 2.05) is 42.2 Å². The number of hydrogen-bond donors (Lipinski definition) is 0. The minimum Gasteiger partial charge on any atom is -0.340 e. The highest BCUT2D eigenvalue weighted by molar-refractivity contribution is 5.76. The van der Waals surface area contributed by atoms with E-state index in [0.717, 1.165) is 38.3 Å². The number of amides is 1. The van der Waals surface area contributed by atoms with Crippen LogP contribution < -0.4 is 0 Å². The molecule has 6 heteroatoms. The third-order valence-corrected chi connectivity index (χ3v) is 5.30. The quantitative estimate of drug-likeness (QED) is 0.646. The van der Waals surface area contributed by atoms with E-state index < -0.39 is 0 Å². The zero-order chi connectivity index (χ0) is 20.1. The van der Waals surface area contributed by atoms with Crippen LogP contribution in [0.1, 0.15) is 23.4 Å². The molecule has 0 spiro atoms. The summed E-state index contributed by atoms with van der Waals surface area (Å²) in [5.41, 5.74) is 3.42. The van der Waals surface area contributed by atoms with Gasteiger partial charge in [0.1, 0.15) is 0 Å². The van der Waals surface area contributed by atoms with Gasteiger partial charge in [0, 0.05) is 51.1 Å². The van der Waals surface area contributed by atoms with E-state index in [-0.39, 0.29) is 5.91 Å². The number of hydrogen-bond acceptors (Lipinski definition) is 5. The standard InChI is InChI=1S/C23H26N4O2/c1-18-7-9-20(10-8-18)23-24-21(29-25-23)11-12-22(28)27-15-13-26(14-16-27)17-19-5-3-2-4-6-19/h2-10H,11-17H2,1H3. The van der Waals surface area contributed by atoms with Gasteiger partial charge in [0.25, 0.3) is 0 Å². The van der Waals surface area contributed by atoms with Gasteiger partial charge < -0.3 is 9.42 Å². The molecule has 0 bridgehead atoms. The van der Waals surface area contributed by atoms with Crippen molar-refractivity contribution in [1.82, 2.24) is 19.9 Å². The van der Waals surface area contributed by atoms with Gasteiger partial charge in [0.2, 0.25) is 17.6 Å². The van der Waals surface area contributed by atoms with Crippen LogP contribution in [0, 0.1) is 6.92 Å².